The van der Waals surface area contributed by atoms with Gasteiger partial charge >= 0.3 is 0 Å². The molecule has 4 nitrogen and oxygen atoms in total. The lowest BCUT2D eigenvalue weighted by Crippen LogP contribution is -2.38. The lowest BCUT2D eigenvalue weighted by Gasteiger charge is -2.29. The minimum Gasteiger partial charge on any atom is -0.508 e. The van der Waals surface area contributed by atoms with Gasteiger partial charge in [-0.1, -0.05) is 72.2 Å². The number of nitrogens with zero attached hydrogens (tertiary/aromatic N) is 1. The number of aromatic hydroxyl groups is 1. The minimum atomic E-state index is 0.0874. The molecule has 36 heavy (non-hydrogen) atoms. The molecule has 2 aromatic carbocycles. The largest absolute Gasteiger partial charge is 0.508 e. The molecule has 1 heterocycles. The maximum Gasteiger partial charge on any atom is 0.225 e. The summed E-state index contributed by atoms with van der Waals surface area (Å²) in [6.07, 6.45) is 8.02. The zero-order valence-corrected chi connectivity index (χ0v) is 23.6. The van der Waals surface area contributed by atoms with E-state index in [-0.39, 0.29) is 11.8 Å². The predicted molar refractivity (Wildman–Crippen MR) is 151 cm³/mol. The molecule has 1 amide bonds. The van der Waals surface area contributed by atoms with Crippen LogP contribution in [0.5, 0.6) is 11.5 Å². The molecule has 3 rings (SSSR count). The highest BCUT2D eigenvalue weighted by Crippen LogP contribution is 2.34. The quantitative estimate of drug-likeness (QED) is 0.367. The van der Waals surface area contributed by atoms with Crippen LogP contribution >= 0.6 is 0 Å². The van der Waals surface area contributed by atoms with E-state index in [0.29, 0.717) is 24.8 Å². The van der Waals surface area contributed by atoms with E-state index in [2.05, 4.69) is 65.8 Å². The van der Waals surface area contributed by atoms with Crippen LogP contribution < -0.4 is 4.74 Å². The lowest BCUT2D eigenvalue weighted by atomic mass is 9.97. The summed E-state index contributed by atoms with van der Waals surface area (Å²) in [5.41, 5.74) is 4.74. The highest BCUT2D eigenvalue weighted by Gasteiger charge is 2.24. The molecule has 0 aliphatic carbocycles. The van der Waals surface area contributed by atoms with Gasteiger partial charge < -0.3 is 14.7 Å². The van der Waals surface area contributed by atoms with Gasteiger partial charge in [-0.05, 0) is 79.7 Å². The number of hydrogen-bond donors (Lipinski definition) is 1. The van der Waals surface area contributed by atoms with Crippen molar-refractivity contribution in [3.8, 4) is 11.5 Å². The first-order valence-electron chi connectivity index (χ1n) is 14.2. The van der Waals surface area contributed by atoms with Gasteiger partial charge in [-0.25, -0.2) is 0 Å². The molecule has 1 N–H and O–H groups in total. The monoisotopic (exact) mass is 495 g/mol. The zero-order chi connectivity index (χ0) is 26.5. The van der Waals surface area contributed by atoms with Gasteiger partial charge in [-0.2, -0.15) is 0 Å². The topological polar surface area (TPSA) is 49.8 Å². The van der Waals surface area contributed by atoms with Crippen molar-refractivity contribution in [1.29, 1.82) is 0 Å². The van der Waals surface area contributed by atoms with Crippen LogP contribution in [0.2, 0.25) is 0 Å². The van der Waals surface area contributed by atoms with Gasteiger partial charge in [0.2, 0.25) is 5.91 Å². The fraction of sp³-hybridized carbons (Fsp3) is 0.594. The van der Waals surface area contributed by atoms with E-state index in [1.165, 1.54) is 11.1 Å². The molecule has 2 aromatic rings. The van der Waals surface area contributed by atoms with Crippen molar-refractivity contribution in [2.75, 3.05) is 13.2 Å². The first-order valence-corrected chi connectivity index (χ1v) is 14.2. The molecule has 200 valence electrons. The van der Waals surface area contributed by atoms with Crippen LogP contribution in [0.1, 0.15) is 95.9 Å². The van der Waals surface area contributed by atoms with Crippen LogP contribution in [0, 0.1) is 11.8 Å². The summed E-state index contributed by atoms with van der Waals surface area (Å²) < 4.78 is 5.84. The summed E-state index contributed by atoms with van der Waals surface area (Å²) in [5.74, 6) is 1.82. The van der Waals surface area contributed by atoms with Crippen LogP contribution in [0.4, 0.5) is 0 Å². The lowest BCUT2D eigenvalue weighted by molar-refractivity contribution is -0.137. The maximum absolute atomic E-state index is 13.1. The molecule has 1 atom stereocenters. The van der Waals surface area contributed by atoms with Gasteiger partial charge in [0.1, 0.15) is 11.5 Å². The summed E-state index contributed by atoms with van der Waals surface area (Å²) in [4.78, 5) is 15.0. The number of aryl methyl sites for hydroxylation is 2. The Balaban J connectivity index is 0.000000380. The Hall–Kier alpha value is -2.49. The number of fused-ring (bicyclic) bond motifs is 1. The number of phenolic OH excluding ortho intramolecular Hbond substituents is 1. The average molecular weight is 496 g/mol. The van der Waals surface area contributed by atoms with E-state index in [4.69, 9.17) is 4.74 Å². The number of hydrogen-bond acceptors (Lipinski definition) is 3. The second kappa shape index (κ2) is 15.6. The van der Waals surface area contributed by atoms with E-state index in [1.54, 1.807) is 0 Å². The number of amides is 1. The first-order chi connectivity index (χ1) is 17.3. The van der Waals surface area contributed by atoms with E-state index in [9.17, 15) is 9.90 Å². The van der Waals surface area contributed by atoms with Crippen molar-refractivity contribution < 1.29 is 14.6 Å². The van der Waals surface area contributed by atoms with Crippen LogP contribution in [0.25, 0.3) is 0 Å². The Morgan fingerprint density at radius 3 is 2.28 bits per heavy atom. The highest BCUT2D eigenvalue weighted by atomic mass is 16.5. The Labute approximate surface area is 220 Å². The van der Waals surface area contributed by atoms with Crippen molar-refractivity contribution in [3.05, 3.63) is 58.7 Å². The molecule has 0 saturated heterocycles. The Morgan fingerprint density at radius 2 is 1.69 bits per heavy atom. The van der Waals surface area contributed by atoms with Crippen LogP contribution in [0.15, 0.2) is 36.4 Å². The molecule has 0 fully saturated rings. The second-order valence-corrected chi connectivity index (χ2v) is 10.4. The van der Waals surface area contributed by atoms with Gasteiger partial charge in [-0.3, -0.25) is 4.79 Å². The summed E-state index contributed by atoms with van der Waals surface area (Å²) in [7, 11) is 0. The summed E-state index contributed by atoms with van der Waals surface area (Å²) in [6.45, 7) is 14.8. The van der Waals surface area contributed by atoms with Gasteiger partial charge in [0, 0.05) is 24.6 Å². The number of carbonyl (C=O) groups is 1. The number of phenols is 1. The van der Waals surface area contributed by atoms with Crippen molar-refractivity contribution in [1.82, 2.24) is 4.90 Å². The molecule has 0 spiro atoms. The van der Waals surface area contributed by atoms with Crippen molar-refractivity contribution in [2.45, 2.75) is 99.5 Å². The fourth-order valence-corrected chi connectivity index (χ4v) is 4.82. The van der Waals surface area contributed by atoms with E-state index in [0.717, 1.165) is 74.8 Å². The van der Waals surface area contributed by atoms with Crippen molar-refractivity contribution >= 4 is 5.91 Å². The number of rotatable bonds is 10. The standard InChI is InChI=1S/C22H35NO3.C10H14/c1-5-9-18(6-2)22(25)23(14-16(3)4)15-17-12-20(24)19-10-7-8-11-26-21(19)13-17;1-3-9-6-5-7-10(4-2)8-9/h12-13,16,18,24H,5-11,14-15H2,1-4H3;5-8H,3-4H2,1-2H3/t18-;/m0./s1. The molecule has 1 aliphatic heterocycles. The number of benzene rings is 2. The third kappa shape index (κ3) is 9.19. The normalized spacial score (nSPS) is 13.6. The van der Waals surface area contributed by atoms with Crippen LogP contribution in [-0.4, -0.2) is 29.1 Å². The molecule has 0 bridgehead atoms. The smallest absolute Gasteiger partial charge is 0.225 e. The maximum atomic E-state index is 13.1. The highest BCUT2D eigenvalue weighted by molar-refractivity contribution is 5.78. The van der Waals surface area contributed by atoms with Gasteiger partial charge in [0.15, 0.2) is 0 Å². The average Bonchev–Trinajstić information content (AvgIpc) is 3.12. The number of carbonyl (C=O) groups excluding carboxylic acids is 1. The molecule has 0 saturated carbocycles. The Kier molecular flexibility index (Phi) is 12.9. The minimum absolute atomic E-state index is 0.0874. The Morgan fingerprint density at radius 1 is 1.00 bits per heavy atom. The van der Waals surface area contributed by atoms with Crippen LogP contribution in [0.3, 0.4) is 0 Å². The molecular formula is C32H49NO3. The molecule has 4 heteroatoms. The predicted octanol–water partition coefficient (Wildman–Crippen LogP) is 7.73. The Bertz CT molecular complexity index is 918. The zero-order valence-electron chi connectivity index (χ0n) is 23.6. The van der Waals surface area contributed by atoms with Crippen LogP contribution in [-0.2, 0) is 30.6 Å². The van der Waals surface area contributed by atoms with Gasteiger partial charge in [-0.15, -0.1) is 0 Å². The van der Waals surface area contributed by atoms with E-state index in [1.807, 2.05) is 17.0 Å². The second-order valence-electron chi connectivity index (χ2n) is 10.4. The van der Waals surface area contributed by atoms with Gasteiger partial charge in [0.05, 0.1) is 6.61 Å². The number of ether oxygens (including phenoxy) is 1. The summed E-state index contributed by atoms with van der Waals surface area (Å²) in [6, 6.07) is 12.6. The fourth-order valence-electron chi connectivity index (χ4n) is 4.82. The third-order valence-corrected chi connectivity index (χ3v) is 6.88. The summed E-state index contributed by atoms with van der Waals surface area (Å²) >= 11 is 0. The molecule has 0 radical (unpaired) electrons. The first kappa shape index (κ1) is 29.7. The molecule has 0 unspecified atom stereocenters. The van der Waals surface area contributed by atoms with Gasteiger partial charge in [0.25, 0.3) is 0 Å². The molecular weight excluding hydrogens is 446 g/mol. The van der Waals surface area contributed by atoms with Crippen molar-refractivity contribution in [2.24, 2.45) is 11.8 Å². The third-order valence-electron chi connectivity index (χ3n) is 6.88. The SMILES string of the molecule is CCC[C@H](CC)C(=O)N(Cc1cc(O)c2c(c1)OCCCC2)CC(C)C.CCc1cccc(CC)c1. The van der Waals surface area contributed by atoms with E-state index >= 15 is 0 Å². The molecule has 0 aromatic heterocycles. The molecule has 1 aliphatic rings. The van der Waals surface area contributed by atoms with Crippen molar-refractivity contribution in [3.63, 3.8) is 0 Å². The van der Waals surface area contributed by atoms with E-state index < -0.39 is 0 Å². The summed E-state index contributed by atoms with van der Waals surface area (Å²) in [5, 5.41) is 10.5.